The summed E-state index contributed by atoms with van der Waals surface area (Å²) in [5.41, 5.74) is 0.0346. The highest BCUT2D eigenvalue weighted by molar-refractivity contribution is 5.54. The van der Waals surface area contributed by atoms with E-state index in [1.54, 1.807) is 14.0 Å². The summed E-state index contributed by atoms with van der Waals surface area (Å²) in [5, 5.41) is 5.56. The van der Waals surface area contributed by atoms with Crippen LogP contribution in [0.25, 0.3) is 0 Å². The standard InChI is InChI=1S/C12H14F2N6/c1-5-8(13)9(14)6(2)16-10(5)19-12-18-7(3)17-11(15-4)20-12/h1-4H3,(H2,15,16,17,18,19,20). The molecule has 6 nitrogen and oxygen atoms in total. The number of rotatable bonds is 3. The van der Waals surface area contributed by atoms with Crippen LogP contribution in [0.2, 0.25) is 0 Å². The number of aromatic nitrogens is 4. The average molecular weight is 280 g/mol. The molecule has 0 unspecified atom stereocenters. The van der Waals surface area contributed by atoms with E-state index in [1.807, 2.05) is 0 Å². The number of nitrogens with one attached hydrogen (secondary N) is 2. The normalized spacial score (nSPS) is 10.5. The van der Waals surface area contributed by atoms with Gasteiger partial charge in [0.15, 0.2) is 11.6 Å². The predicted octanol–water partition coefficient (Wildman–Crippen LogP) is 2.26. The van der Waals surface area contributed by atoms with E-state index in [0.29, 0.717) is 11.8 Å². The van der Waals surface area contributed by atoms with Gasteiger partial charge in [0.25, 0.3) is 0 Å². The molecule has 2 N–H and O–H groups in total. The van der Waals surface area contributed by atoms with Crippen molar-refractivity contribution in [2.24, 2.45) is 0 Å². The number of nitrogens with zero attached hydrogens (tertiary/aromatic N) is 4. The summed E-state index contributed by atoms with van der Waals surface area (Å²) in [4.78, 5) is 16.1. The van der Waals surface area contributed by atoms with Crippen LogP contribution >= 0.6 is 0 Å². The maximum atomic E-state index is 13.7. The first kappa shape index (κ1) is 14.0. The van der Waals surface area contributed by atoms with Gasteiger partial charge in [-0.3, -0.25) is 0 Å². The lowest BCUT2D eigenvalue weighted by atomic mass is 10.2. The summed E-state index contributed by atoms with van der Waals surface area (Å²) in [6, 6.07) is 0. The van der Waals surface area contributed by atoms with Crippen molar-refractivity contribution < 1.29 is 8.78 Å². The molecule has 106 valence electrons. The zero-order chi connectivity index (χ0) is 14.9. The predicted molar refractivity (Wildman–Crippen MR) is 71.0 cm³/mol. The van der Waals surface area contributed by atoms with Gasteiger partial charge in [-0.25, -0.2) is 13.8 Å². The molecule has 8 heteroatoms. The van der Waals surface area contributed by atoms with E-state index >= 15 is 0 Å². The van der Waals surface area contributed by atoms with Crippen LogP contribution in [0.4, 0.5) is 26.5 Å². The summed E-state index contributed by atoms with van der Waals surface area (Å²) >= 11 is 0. The number of anilines is 3. The molecular formula is C12H14F2N6. The van der Waals surface area contributed by atoms with Gasteiger partial charge in [0.2, 0.25) is 11.9 Å². The van der Waals surface area contributed by atoms with Crippen molar-refractivity contribution in [3.63, 3.8) is 0 Å². The number of hydrogen-bond donors (Lipinski definition) is 2. The van der Waals surface area contributed by atoms with Crippen molar-refractivity contribution in [2.75, 3.05) is 17.7 Å². The third kappa shape index (κ3) is 2.63. The molecule has 0 amide bonds. The van der Waals surface area contributed by atoms with Crippen LogP contribution in [0.15, 0.2) is 0 Å². The van der Waals surface area contributed by atoms with Crippen molar-refractivity contribution in [2.45, 2.75) is 20.8 Å². The van der Waals surface area contributed by atoms with E-state index in [1.165, 1.54) is 13.8 Å². The van der Waals surface area contributed by atoms with Gasteiger partial charge in [-0.15, -0.1) is 0 Å². The molecule has 2 aromatic heterocycles. The maximum absolute atomic E-state index is 13.7. The minimum absolute atomic E-state index is 0.0322. The molecule has 0 aliphatic heterocycles. The van der Waals surface area contributed by atoms with E-state index in [2.05, 4.69) is 30.6 Å². The minimum atomic E-state index is -0.948. The first-order valence-electron chi connectivity index (χ1n) is 5.92. The highest BCUT2D eigenvalue weighted by Gasteiger charge is 2.16. The van der Waals surface area contributed by atoms with Crippen LogP contribution in [0.3, 0.4) is 0 Å². The summed E-state index contributed by atoms with van der Waals surface area (Å²) in [6.45, 7) is 4.52. The Labute approximate surface area is 114 Å². The quantitative estimate of drug-likeness (QED) is 0.898. The Morgan fingerprint density at radius 1 is 0.850 bits per heavy atom. The maximum Gasteiger partial charge on any atom is 0.233 e. The van der Waals surface area contributed by atoms with E-state index in [0.717, 1.165) is 0 Å². The third-order valence-corrected chi connectivity index (χ3v) is 2.68. The molecule has 0 bridgehead atoms. The second-order valence-corrected chi connectivity index (χ2v) is 4.20. The highest BCUT2D eigenvalue weighted by atomic mass is 19.2. The van der Waals surface area contributed by atoms with Crippen molar-refractivity contribution in [1.29, 1.82) is 0 Å². The van der Waals surface area contributed by atoms with Crippen LogP contribution in [-0.2, 0) is 0 Å². The van der Waals surface area contributed by atoms with Crippen molar-refractivity contribution >= 4 is 17.7 Å². The van der Waals surface area contributed by atoms with Gasteiger partial charge in [0, 0.05) is 12.6 Å². The zero-order valence-electron chi connectivity index (χ0n) is 11.5. The molecule has 0 aliphatic carbocycles. The lowest BCUT2D eigenvalue weighted by molar-refractivity contribution is 0.492. The van der Waals surface area contributed by atoms with Crippen LogP contribution in [-0.4, -0.2) is 27.0 Å². The first-order chi connectivity index (χ1) is 9.42. The second-order valence-electron chi connectivity index (χ2n) is 4.20. The third-order valence-electron chi connectivity index (χ3n) is 2.68. The van der Waals surface area contributed by atoms with Crippen LogP contribution in [0.1, 0.15) is 17.1 Å². The summed E-state index contributed by atoms with van der Waals surface area (Å²) in [6.07, 6.45) is 0. The van der Waals surface area contributed by atoms with Gasteiger partial charge in [0.1, 0.15) is 11.6 Å². The lowest BCUT2D eigenvalue weighted by Crippen LogP contribution is -2.09. The molecule has 0 saturated heterocycles. The molecule has 0 atom stereocenters. The Hall–Kier alpha value is -2.38. The van der Waals surface area contributed by atoms with Gasteiger partial charge in [-0.05, 0) is 20.8 Å². The molecule has 0 aliphatic rings. The van der Waals surface area contributed by atoms with Crippen LogP contribution < -0.4 is 10.6 Å². The van der Waals surface area contributed by atoms with Gasteiger partial charge in [-0.2, -0.15) is 15.0 Å². The molecule has 0 saturated carbocycles. The molecule has 2 heterocycles. The van der Waals surface area contributed by atoms with E-state index < -0.39 is 11.6 Å². The number of hydrogen-bond acceptors (Lipinski definition) is 6. The first-order valence-corrected chi connectivity index (χ1v) is 5.92. The fourth-order valence-electron chi connectivity index (χ4n) is 1.61. The van der Waals surface area contributed by atoms with Crippen molar-refractivity contribution in [3.05, 3.63) is 28.7 Å². The molecule has 2 rings (SSSR count). The molecule has 20 heavy (non-hydrogen) atoms. The van der Waals surface area contributed by atoms with E-state index in [9.17, 15) is 8.78 Å². The van der Waals surface area contributed by atoms with Gasteiger partial charge in [0.05, 0.1) is 5.69 Å². The Morgan fingerprint density at radius 3 is 2.15 bits per heavy atom. The zero-order valence-corrected chi connectivity index (χ0v) is 11.5. The van der Waals surface area contributed by atoms with Gasteiger partial charge in [-0.1, -0.05) is 0 Å². The van der Waals surface area contributed by atoms with Crippen molar-refractivity contribution in [1.82, 2.24) is 19.9 Å². The number of pyridine rings is 1. The smallest absolute Gasteiger partial charge is 0.233 e. The van der Waals surface area contributed by atoms with E-state index in [4.69, 9.17) is 0 Å². The Bertz CT molecular complexity index is 659. The summed E-state index contributed by atoms with van der Waals surface area (Å²) in [7, 11) is 1.67. The fraction of sp³-hybridized carbons (Fsp3) is 0.333. The molecule has 0 spiro atoms. The van der Waals surface area contributed by atoms with Gasteiger partial charge < -0.3 is 10.6 Å². The average Bonchev–Trinajstić information content (AvgIpc) is 2.41. The SMILES string of the molecule is CNc1nc(C)nc(Nc2nc(C)c(F)c(F)c2C)n1. The molecule has 0 aromatic carbocycles. The Kier molecular flexibility index (Phi) is 3.73. The fourth-order valence-corrected chi connectivity index (χ4v) is 1.61. The monoisotopic (exact) mass is 280 g/mol. The molecule has 2 aromatic rings. The molecule has 0 radical (unpaired) electrons. The summed E-state index contributed by atoms with van der Waals surface area (Å²) < 4.78 is 27.0. The topological polar surface area (TPSA) is 75.6 Å². The molecule has 0 fully saturated rings. The van der Waals surface area contributed by atoms with Crippen LogP contribution in [0, 0.1) is 32.4 Å². The largest absolute Gasteiger partial charge is 0.357 e. The van der Waals surface area contributed by atoms with Crippen LogP contribution in [0.5, 0.6) is 0 Å². The van der Waals surface area contributed by atoms with Gasteiger partial charge >= 0.3 is 0 Å². The summed E-state index contributed by atoms with van der Waals surface area (Å²) in [5.74, 6) is -0.631. The Morgan fingerprint density at radius 2 is 1.50 bits per heavy atom. The molecular weight excluding hydrogens is 266 g/mol. The minimum Gasteiger partial charge on any atom is -0.357 e. The van der Waals surface area contributed by atoms with Crippen molar-refractivity contribution in [3.8, 4) is 0 Å². The van der Waals surface area contributed by atoms with E-state index in [-0.39, 0.29) is 23.0 Å². The second kappa shape index (κ2) is 5.32. The number of aryl methyl sites for hydroxylation is 2. The number of halogens is 2. The highest BCUT2D eigenvalue weighted by Crippen LogP contribution is 2.22. The Balaban J connectivity index is 2.42. The lowest BCUT2D eigenvalue weighted by Gasteiger charge is -2.11.